The van der Waals surface area contributed by atoms with Gasteiger partial charge in [-0.3, -0.25) is 9.78 Å². The van der Waals surface area contributed by atoms with Crippen molar-refractivity contribution in [3.05, 3.63) is 57.9 Å². The summed E-state index contributed by atoms with van der Waals surface area (Å²) >= 11 is 0. The average molecular weight is 748 g/mol. The Hall–Kier alpha value is -2.10. The summed E-state index contributed by atoms with van der Waals surface area (Å²) in [6.07, 6.45) is 0.690. The van der Waals surface area contributed by atoms with E-state index < -0.39 is 58.7 Å². The van der Waals surface area contributed by atoms with Gasteiger partial charge in [0.1, 0.15) is 17.1 Å². The number of benzene rings is 1. The maximum Gasteiger partial charge on any atom is 0.310 e. The lowest BCUT2D eigenvalue weighted by atomic mass is 9.68. The molecule has 2 aromatic rings. The molecule has 14 heteroatoms. The number of ether oxygens (including phenoxy) is 4. The lowest BCUT2D eigenvalue weighted by Gasteiger charge is -2.48. The molecule has 50 heavy (non-hydrogen) atoms. The van der Waals surface area contributed by atoms with E-state index in [1.54, 1.807) is 0 Å². The summed E-state index contributed by atoms with van der Waals surface area (Å²) < 4.78 is 101. The molecular formula is C36H50F5NO6SSi. The van der Waals surface area contributed by atoms with E-state index in [2.05, 4.69) is 47.7 Å². The predicted octanol–water partition coefficient (Wildman–Crippen LogP) is 10.9. The van der Waals surface area contributed by atoms with Crippen LogP contribution in [0.3, 0.4) is 0 Å². The zero-order valence-electron chi connectivity index (χ0n) is 30.2. The van der Waals surface area contributed by atoms with Gasteiger partial charge in [0.2, 0.25) is 0 Å². The van der Waals surface area contributed by atoms with Gasteiger partial charge in [-0.25, -0.2) is 0 Å². The van der Waals surface area contributed by atoms with Crippen molar-refractivity contribution in [2.75, 3.05) is 26.4 Å². The third kappa shape index (κ3) is 6.89. The number of hydrogen-bond donors (Lipinski definition) is 0. The fourth-order valence-corrected chi connectivity index (χ4v) is 9.75. The van der Waals surface area contributed by atoms with Crippen molar-refractivity contribution in [3.63, 3.8) is 0 Å². The Morgan fingerprint density at radius 3 is 2.04 bits per heavy atom. The van der Waals surface area contributed by atoms with Crippen LogP contribution in [0.25, 0.3) is 0 Å². The van der Waals surface area contributed by atoms with E-state index in [4.69, 9.17) is 28.4 Å². The molecule has 3 unspecified atom stereocenters. The summed E-state index contributed by atoms with van der Waals surface area (Å²) in [5.74, 6) is -0.526. The molecule has 0 N–H and O–H groups in total. The van der Waals surface area contributed by atoms with Crippen LogP contribution in [0, 0.1) is 5.41 Å². The first-order chi connectivity index (χ1) is 22.8. The molecule has 1 spiro atoms. The first-order valence-electron chi connectivity index (χ1n) is 17.4. The Bertz CT molecular complexity index is 1650. The van der Waals surface area contributed by atoms with Gasteiger partial charge < -0.3 is 23.4 Å². The smallest absolute Gasteiger partial charge is 0.310 e. The molecule has 3 atom stereocenters. The van der Waals surface area contributed by atoms with Crippen LogP contribution in [-0.4, -0.2) is 45.7 Å². The first kappa shape index (κ1) is 37.6. The summed E-state index contributed by atoms with van der Waals surface area (Å²) in [6.45, 7) is 18.1. The third-order valence-corrected chi connectivity index (χ3v) is 17.1. The van der Waals surface area contributed by atoms with Gasteiger partial charge in [-0.1, -0.05) is 66.2 Å². The number of esters is 1. The second-order valence-corrected chi connectivity index (χ2v) is 23.8. The molecule has 1 aromatic carbocycles. The lowest BCUT2D eigenvalue weighted by Crippen LogP contribution is -2.46. The Labute approximate surface area is 292 Å². The van der Waals surface area contributed by atoms with Crippen molar-refractivity contribution in [2.24, 2.45) is 5.41 Å². The molecule has 3 aliphatic heterocycles. The minimum Gasteiger partial charge on any atom is -0.455 e. The van der Waals surface area contributed by atoms with Gasteiger partial charge in [0, 0.05) is 68.7 Å². The number of rotatable bonds is 6. The molecule has 7 nitrogen and oxygen atoms in total. The van der Waals surface area contributed by atoms with Crippen molar-refractivity contribution < 1.29 is 47.6 Å². The Balaban J connectivity index is 1.67. The van der Waals surface area contributed by atoms with E-state index >= 15 is 0 Å². The maximum atomic E-state index is 13.8. The fraction of sp³-hybridized carbons (Fsp3) is 0.667. The number of aromatic nitrogens is 1. The Kier molecular flexibility index (Phi) is 8.81. The highest BCUT2D eigenvalue weighted by Gasteiger charge is 2.65. The third-order valence-electron chi connectivity index (χ3n) is 11.4. The minimum absolute atomic E-state index is 0.0874. The molecule has 2 saturated heterocycles. The number of fused-ring (bicyclic) bond motifs is 4. The molecule has 4 aliphatic rings. The number of carbonyl (C=O) groups is 1. The Morgan fingerprint density at radius 2 is 1.50 bits per heavy atom. The van der Waals surface area contributed by atoms with Crippen molar-refractivity contribution in [1.82, 2.24) is 4.98 Å². The number of carbonyl (C=O) groups excluding carboxylic acids is 1. The maximum absolute atomic E-state index is 13.8. The summed E-state index contributed by atoms with van der Waals surface area (Å²) in [5.41, 5.74) is 2.57. The number of nitrogens with zero attached hydrogens (tertiary/aromatic N) is 1. The first-order valence-corrected chi connectivity index (χ1v) is 22.3. The standard InChI is InChI=1S/C36H50F5NO6SSi/c1-22(43)46-33-31-27(26(21-35(33,5)6)48-50(7,8)34(2,3)4)29-28(30(42-31)23-13-17-44-18-14-23)32(47-36(29)15-19-45-20-16-36)24-9-11-25(12-10-24)49(37,38,39,40)41/h9-12,23,26,32-33H,13-21H2,1-8H3. The molecule has 280 valence electrons. The Morgan fingerprint density at radius 1 is 0.920 bits per heavy atom. The molecule has 4 heterocycles. The predicted molar refractivity (Wildman–Crippen MR) is 183 cm³/mol. The van der Waals surface area contributed by atoms with Gasteiger partial charge in [0.15, 0.2) is 8.32 Å². The van der Waals surface area contributed by atoms with E-state index in [1.807, 2.05) is 0 Å². The number of halogens is 5. The molecule has 6 rings (SSSR count). The minimum atomic E-state index is -9.91. The highest BCUT2D eigenvalue weighted by Crippen LogP contribution is 3.02. The van der Waals surface area contributed by atoms with E-state index in [1.165, 1.54) is 6.92 Å². The molecular weight excluding hydrogens is 698 g/mol. The normalized spacial score (nSPS) is 26.9. The second kappa shape index (κ2) is 11.7. The zero-order chi connectivity index (χ0) is 36.8. The molecule has 0 bridgehead atoms. The van der Waals surface area contributed by atoms with E-state index in [9.17, 15) is 24.2 Å². The largest absolute Gasteiger partial charge is 0.455 e. The molecule has 0 radical (unpaired) electrons. The quantitative estimate of drug-likeness (QED) is 0.165. The van der Waals surface area contributed by atoms with Gasteiger partial charge >= 0.3 is 16.2 Å². The van der Waals surface area contributed by atoms with Crippen LogP contribution < -0.4 is 0 Å². The monoisotopic (exact) mass is 747 g/mol. The van der Waals surface area contributed by atoms with Crippen molar-refractivity contribution in [1.29, 1.82) is 0 Å². The van der Waals surface area contributed by atoms with Crippen LogP contribution in [0.1, 0.15) is 132 Å². The fourth-order valence-electron chi connectivity index (χ4n) is 7.83. The SMILES string of the molecule is CC(=O)OC1c2nc(C3CCOCC3)c3c(c2C(O[Si](C)(C)C(C)(C)C)CC1(C)C)C1(CCOCC1)OC3c1ccc(S(F)(F)(F)(F)F)cc1. The lowest BCUT2D eigenvalue weighted by molar-refractivity contribution is -0.156. The van der Waals surface area contributed by atoms with Gasteiger partial charge in [-0.05, 0) is 60.7 Å². The number of pyridine rings is 1. The van der Waals surface area contributed by atoms with Gasteiger partial charge in [0.05, 0.1) is 23.1 Å². The van der Waals surface area contributed by atoms with Crippen LogP contribution >= 0.6 is 10.2 Å². The van der Waals surface area contributed by atoms with Crippen molar-refractivity contribution in [3.8, 4) is 0 Å². The highest BCUT2D eigenvalue weighted by molar-refractivity contribution is 8.45. The van der Waals surface area contributed by atoms with E-state index in [0.29, 0.717) is 87.6 Å². The van der Waals surface area contributed by atoms with Crippen LogP contribution in [0.4, 0.5) is 19.4 Å². The average Bonchev–Trinajstić information content (AvgIpc) is 3.31. The van der Waals surface area contributed by atoms with Crippen LogP contribution in [0.2, 0.25) is 18.1 Å². The topological polar surface area (TPSA) is 76.1 Å². The van der Waals surface area contributed by atoms with Gasteiger partial charge in [-0.15, -0.1) is 0 Å². The second-order valence-electron chi connectivity index (χ2n) is 16.7. The molecule has 1 aromatic heterocycles. The molecule has 0 amide bonds. The van der Waals surface area contributed by atoms with E-state index in [0.717, 1.165) is 28.8 Å². The summed E-state index contributed by atoms with van der Waals surface area (Å²) in [4.78, 5) is 16.1. The van der Waals surface area contributed by atoms with Gasteiger partial charge in [0.25, 0.3) is 0 Å². The van der Waals surface area contributed by atoms with Crippen molar-refractivity contribution >= 4 is 24.5 Å². The summed E-state index contributed by atoms with van der Waals surface area (Å²) in [7, 11) is -12.3. The summed E-state index contributed by atoms with van der Waals surface area (Å²) in [6, 6.07) is 3.11. The van der Waals surface area contributed by atoms with Crippen LogP contribution in [0.5, 0.6) is 0 Å². The van der Waals surface area contributed by atoms with Crippen molar-refractivity contribution in [2.45, 2.75) is 127 Å². The molecule has 2 fully saturated rings. The van der Waals surface area contributed by atoms with Crippen LogP contribution in [0.15, 0.2) is 29.2 Å². The highest BCUT2D eigenvalue weighted by atomic mass is 32.5. The van der Waals surface area contributed by atoms with E-state index in [-0.39, 0.29) is 11.0 Å². The summed E-state index contributed by atoms with van der Waals surface area (Å²) in [5, 5.41) is -0.136. The molecule has 1 aliphatic carbocycles. The molecule has 0 saturated carbocycles. The number of hydrogen-bond acceptors (Lipinski definition) is 7. The van der Waals surface area contributed by atoms with Gasteiger partial charge in [-0.2, -0.15) is 0 Å². The van der Waals surface area contributed by atoms with Crippen LogP contribution in [-0.2, 0) is 33.8 Å². The zero-order valence-corrected chi connectivity index (χ0v) is 32.0.